The van der Waals surface area contributed by atoms with Gasteiger partial charge in [0.25, 0.3) is 0 Å². The molecule has 0 saturated heterocycles. The first-order chi connectivity index (χ1) is 10.1. The summed E-state index contributed by atoms with van der Waals surface area (Å²) in [6.45, 7) is 0. The predicted molar refractivity (Wildman–Crippen MR) is 86.2 cm³/mol. The van der Waals surface area contributed by atoms with Crippen molar-refractivity contribution in [1.29, 1.82) is 0 Å². The van der Waals surface area contributed by atoms with Crippen molar-refractivity contribution in [2.75, 3.05) is 12.5 Å². The van der Waals surface area contributed by atoms with Crippen LogP contribution in [0, 0.1) is 0 Å². The summed E-state index contributed by atoms with van der Waals surface area (Å²) in [5, 5.41) is 0. The van der Waals surface area contributed by atoms with Gasteiger partial charge >= 0.3 is 11.9 Å². The highest BCUT2D eigenvalue weighted by molar-refractivity contribution is 7.98. The predicted octanol–water partition coefficient (Wildman–Crippen LogP) is 4.13. The molecule has 0 aromatic heterocycles. The van der Waals surface area contributed by atoms with Gasteiger partial charge in [0.1, 0.15) is 0 Å². The van der Waals surface area contributed by atoms with E-state index in [1.807, 2.05) is 24.6 Å². The lowest BCUT2D eigenvalue weighted by Crippen LogP contribution is -2.12. The zero-order valence-electron chi connectivity index (χ0n) is 11.7. The highest BCUT2D eigenvalue weighted by Crippen LogP contribution is 2.18. The molecule has 0 heterocycles. The van der Waals surface area contributed by atoms with Crippen LogP contribution in [-0.2, 0) is 4.74 Å². The van der Waals surface area contributed by atoms with Crippen LogP contribution in [0.1, 0.15) is 20.7 Å². The third kappa shape index (κ3) is 4.12. The smallest absolute Gasteiger partial charge is 0.346 e. The first-order valence-corrected chi connectivity index (χ1v) is 8.63. The minimum Gasteiger partial charge on any atom is -0.386 e. The second kappa shape index (κ2) is 7.33. The zero-order chi connectivity index (χ0) is 15.2. The maximum Gasteiger partial charge on any atom is 0.346 e. The summed E-state index contributed by atoms with van der Waals surface area (Å²) in [7, 11) is 0. The first kappa shape index (κ1) is 15.7. The summed E-state index contributed by atoms with van der Waals surface area (Å²) < 4.78 is 4.93. The van der Waals surface area contributed by atoms with Crippen molar-refractivity contribution < 1.29 is 14.3 Å². The number of esters is 2. The summed E-state index contributed by atoms with van der Waals surface area (Å²) in [5.74, 6) is -1.27. The van der Waals surface area contributed by atoms with E-state index in [2.05, 4.69) is 0 Å². The Bertz CT molecular complexity index is 611. The third-order valence-corrected chi connectivity index (χ3v) is 4.25. The molecule has 0 aliphatic rings. The fraction of sp³-hybridized carbons (Fsp3) is 0.125. The summed E-state index contributed by atoms with van der Waals surface area (Å²) in [6, 6.07) is 14.0. The van der Waals surface area contributed by atoms with Gasteiger partial charge in [0.15, 0.2) is 0 Å². The van der Waals surface area contributed by atoms with Crippen LogP contribution in [0.4, 0.5) is 0 Å². The summed E-state index contributed by atoms with van der Waals surface area (Å²) in [4.78, 5) is 25.9. The molecular weight excluding hydrogens is 304 g/mol. The van der Waals surface area contributed by atoms with Crippen LogP contribution in [0.5, 0.6) is 0 Å². The van der Waals surface area contributed by atoms with Crippen molar-refractivity contribution in [3.05, 3.63) is 59.7 Å². The van der Waals surface area contributed by atoms with Crippen molar-refractivity contribution in [2.45, 2.75) is 9.79 Å². The molecule has 5 heteroatoms. The fourth-order valence-corrected chi connectivity index (χ4v) is 2.62. The molecule has 2 aromatic rings. The number of ether oxygens (including phenoxy) is 1. The van der Waals surface area contributed by atoms with E-state index in [0.717, 1.165) is 9.79 Å². The Balaban J connectivity index is 2.12. The van der Waals surface area contributed by atoms with Gasteiger partial charge in [-0.15, -0.1) is 23.5 Å². The maximum absolute atomic E-state index is 12.0. The van der Waals surface area contributed by atoms with Crippen molar-refractivity contribution in [3.8, 4) is 0 Å². The fourth-order valence-electron chi connectivity index (χ4n) is 1.70. The van der Waals surface area contributed by atoms with Crippen LogP contribution in [0.15, 0.2) is 58.3 Å². The van der Waals surface area contributed by atoms with Gasteiger partial charge in [-0.2, -0.15) is 0 Å². The van der Waals surface area contributed by atoms with Crippen molar-refractivity contribution in [2.24, 2.45) is 0 Å². The molecule has 2 aromatic carbocycles. The Labute approximate surface area is 132 Å². The average Bonchev–Trinajstić information content (AvgIpc) is 2.54. The second-order valence-electron chi connectivity index (χ2n) is 4.14. The SMILES string of the molecule is CSc1cccc(C(=O)OC(=O)c2cccc(SC)c2)c1. The largest absolute Gasteiger partial charge is 0.386 e. The molecule has 3 nitrogen and oxygen atoms in total. The summed E-state index contributed by atoms with van der Waals surface area (Å²) in [6.07, 6.45) is 3.84. The number of carbonyl (C=O) groups excluding carboxylic acids is 2. The van der Waals surface area contributed by atoms with E-state index in [9.17, 15) is 9.59 Å². The lowest BCUT2D eigenvalue weighted by Gasteiger charge is -2.05. The Morgan fingerprint density at radius 2 is 1.24 bits per heavy atom. The molecule has 0 bridgehead atoms. The molecule has 108 valence electrons. The minimum absolute atomic E-state index is 0.372. The number of hydrogen-bond donors (Lipinski definition) is 0. The van der Waals surface area contributed by atoms with Crippen LogP contribution in [-0.4, -0.2) is 24.5 Å². The number of thioether (sulfide) groups is 2. The number of benzene rings is 2. The number of hydrogen-bond acceptors (Lipinski definition) is 5. The van der Waals surface area contributed by atoms with E-state index in [1.165, 1.54) is 23.5 Å². The van der Waals surface area contributed by atoms with Gasteiger partial charge in [0, 0.05) is 9.79 Å². The molecule has 0 aliphatic heterocycles. The van der Waals surface area contributed by atoms with Crippen LogP contribution in [0.3, 0.4) is 0 Å². The molecule has 0 radical (unpaired) electrons. The monoisotopic (exact) mass is 318 g/mol. The van der Waals surface area contributed by atoms with Crippen LogP contribution >= 0.6 is 23.5 Å². The van der Waals surface area contributed by atoms with Gasteiger partial charge in [-0.25, -0.2) is 9.59 Å². The molecule has 0 saturated carbocycles. The van der Waals surface area contributed by atoms with E-state index < -0.39 is 11.9 Å². The Hall–Kier alpha value is -1.72. The first-order valence-electron chi connectivity index (χ1n) is 6.18. The van der Waals surface area contributed by atoms with Crippen LogP contribution in [0.25, 0.3) is 0 Å². The Morgan fingerprint density at radius 3 is 1.62 bits per heavy atom. The highest BCUT2D eigenvalue weighted by atomic mass is 32.2. The Kier molecular flexibility index (Phi) is 5.47. The van der Waals surface area contributed by atoms with Gasteiger partial charge in [-0.05, 0) is 48.9 Å². The molecule has 2 rings (SSSR count). The maximum atomic E-state index is 12.0. The highest BCUT2D eigenvalue weighted by Gasteiger charge is 2.15. The molecule has 0 atom stereocenters. The normalized spacial score (nSPS) is 10.2. The Morgan fingerprint density at radius 1 is 0.810 bits per heavy atom. The van der Waals surface area contributed by atoms with Crippen molar-refractivity contribution in [1.82, 2.24) is 0 Å². The second-order valence-corrected chi connectivity index (χ2v) is 5.90. The van der Waals surface area contributed by atoms with E-state index in [-0.39, 0.29) is 0 Å². The number of carbonyl (C=O) groups is 2. The van der Waals surface area contributed by atoms with Crippen LogP contribution in [0.2, 0.25) is 0 Å². The summed E-state index contributed by atoms with van der Waals surface area (Å²) >= 11 is 3.05. The van der Waals surface area contributed by atoms with Crippen molar-refractivity contribution in [3.63, 3.8) is 0 Å². The van der Waals surface area contributed by atoms with Gasteiger partial charge in [0.05, 0.1) is 11.1 Å². The minimum atomic E-state index is -0.634. The van der Waals surface area contributed by atoms with Crippen LogP contribution < -0.4 is 0 Å². The lowest BCUT2D eigenvalue weighted by atomic mass is 10.2. The standard InChI is InChI=1S/C16H14O3S2/c1-20-13-7-3-5-11(9-13)15(17)19-16(18)12-6-4-8-14(10-12)21-2/h3-10H,1-2H3. The van der Waals surface area contributed by atoms with E-state index >= 15 is 0 Å². The molecule has 0 aliphatic carbocycles. The quantitative estimate of drug-likeness (QED) is 0.482. The molecular formula is C16H14O3S2. The molecule has 21 heavy (non-hydrogen) atoms. The van der Waals surface area contributed by atoms with Crippen molar-refractivity contribution >= 4 is 35.5 Å². The molecule has 0 unspecified atom stereocenters. The van der Waals surface area contributed by atoms with Gasteiger partial charge in [-0.3, -0.25) is 0 Å². The molecule has 0 spiro atoms. The van der Waals surface area contributed by atoms with Gasteiger partial charge in [0.2, 0.25) is 0 Å². The molecule has 0 amide bonds. The van der Waals surface area contributed by atoms with E-state index in [1.54, 1.807) is 36.4 Å². The molecule has 0 fully saturated rings. The average molecular weight is 318 g/mol. The van der Waals surface area contributed by atoms with Gasteiger partial charge < -0.3 is 4.74 Å². The van der Waals surface area contributed by atoms with E-state index in [0.29, 0.717) is 11.1 Å². The third-order valence-electron chi connectivity index (χ3n) is 2.80. The number of rotatable bonds is 4. The topological polar surface area (TPSA) is 43.4 Å². The summed E-state index contributed by atoms with van der Waals surface area (Å²) in [5.41, 5.74) is 0.743. The molecule has 0 N–H and O–H groups in total. The van der Waals surface area contributed by atoms with Gasteiger partial charge in [-0.1, -0.05) is 12.1 Å². The van der Waals surface area contributed by atoms with E-state index in [4.69, 9.17) is 4.74 Å². The lowest BCUT2D eigenvalue weighted by molar-refractivity contribution is 0.0397. The zero-order valence-corrected chi connectivity index (χ0v) is 13.3.